The van der Waals surface area contributed by atoms with Crippen molar-refractivity contribution in [3.8, 4) is 5.75 Å². The summed E-state index contributed by atoms with van der Waals surface area (Å²) >= 11 is 9.16. The zero-order valence-electron chi connectivity index (χ0n) is 9.76. The predicted molar refractivity (Wildman–Crippen MR) is 73.0 cm³/mol. The van der Waals surface area contributed by atoms with Gasteiger partial charge in [0.15, 0.2) is 0 Å². The van der Waals surface area contributed by atoms with Crippen LogP contribution in [0.1, 0.15) is 24.2 Å². The number of aromatic hydroxyl groups is 1. The number of carbonyl (C=O) groups is 1. The predicted octanol–water partition coefficient (Wildman–Crippen LogP) is 3.20. The molecule has 0 bridgehead atoms. The van der Waals surface area contributed by atoms with Crippen LogP contribution in [0.4, 0.5) is 0 Å². The summed E-state index contributed by atoms with van der Waals surface area (Å²) in [5.74, 6) is -0.387. The molecule has 1 rings (SSSR count). The molecule has 0 fully saturated rings. The minimum atomic E-state index is -0.320. The number of hydrogen-bond acceptors (Lipinski definition) is 2. The van der Waals surface area contributed by atoms with Crippen LogP contribution in [0.3, 0.4) is 0 Å². The van der Waals surface area contributed by atoms with E-state index in [1.807, 2.05) is 13.8 Å². The number of nitrogens with one attached hydrogen (secondary N) is 1. The Morgan fingerprint density at radius 1 is 1.53 bits per heavy atom. The third kappa shape index (κ3) is 4.21. The monoisotopic (exact) mass is 319 g/mol. The molecule has 0 saturated heterocycles. The fourth-order valence-electron chi connectivity index (χ4n) is 1.15. The molecule has 3 nitrogen and oxygen atoms in total. The van der Waals surface area contributed by atoms with Gasteiger partial charge in [0.1, 0.15) is 5.75 Å². The van der Waals surface area contributed by atoms with Gasteiger partial charge in [-0.2, -0.15) is 0 Å². The van der Waals surface area contributed by atoms with Gasteiger partial charge < -0.3 is 10.4 Å². The minimum Gasteiger partial charge on any atom is -0.507 e. The second-order valence-corrected chi connectivity index (χ2v) is 5.64. The normalized spacial score (nSPS) is 11.3. The lowest BCUT2D eigenvalue weighted by atomic mass is 9.97. The van der Waals surface area contributed by atoms with E-state index in [1.165, 1.54) is 18.2 Å². The molecule has 0 spiro atoms. The molecule has 0 aliphatic carbocycles. The average molecular weight is 321 g/mol. The number of phenols is 1. The van der Waals surface area contributed by atoms with Gasteiger partial charge in [-0.3, -0.25) is 4.79 Å². The summed E-state index contributed by atoms with van der Waals surface area (Å²) in [7, 11) is 0. The molecule has 0 heterocycles. The highest BCUT2D eigenvalue weighted by atomic mass is 79.9. The van der Waals surface area contributed by atoms with E-state index in [0.29, 0.717) is 11.6 Å². The minimum absolute atomic E-state index is 0.0378. The first-order valence-electron chi connectivity index (χ1n) is 5.18. The number of alkyl halides is 1. The summed E-state index contributed by atoms with van der Waals surface area (Å²) in [5.41, 5.74) is 0.159. The molecular weight excluding hydrogens is 305 g/mol. The van der Waals surface area contributed by atoms with Gasteiger partial charge in [-0.15, -0.1) is 0 Å². The van der Waals surface area contributed by atoms with Crippen molar-refractivity contribution in [3.63, 3.8) is 0 Å². The van der Waals surface area contributed by atoms with E-state index in [0.717, 1.165) is 5.33 Å². The Morgan fingerprint density at radius 2 is 2.18 bits per heavy atom. The Kier molecular flexibility index (Phi) is 4.83. The van der Waals surface area contributed by atoms with E-state index in [-0.39, 0.29) is 22.6 Å². The quantitative estimate of drug-likeness (QED) is 0.837. The summed E-state index contributed by atoms with van der Waals surface area (Å²) in [4.78, 5) is 11.8. The van der Waals surface area contributed by atoms with Gasteiger partial charge in [0.25, 0.3) is 5.91 Å². The second-order valence-electron chi connectivity index (χ2n) is 4.64. The lowest BCUT2D eigenvalue weighted by molar-refractivity contribution is 0.0937. The Hall–Kier alpha value is -0.740. The van der Waals surface area contributed by atoms with E-state index in [4.69, 9.17) is 11.6 Å². The average Bonchev–Trinajstić information content (AvgIpc) is 2.29. The Balaban J connectivity index is 2.74. The maximum absolute atomic E-state index is 11.8. The number of amides is 1. The lowest BCUT2D eigenvalue weighted by Gasteiger charge is -2.22. The van der Waals surface area contributed by atoms with E-state index < -0.39 is 0 Å². The number of rotatable bonds is 4. The Labute approximate surface area is 114 Å². The molecule has 5 heteroatoms. The molecule has 0 aliphatic rings. The van der Waals surface area contributed by atoms with Crippen LogP contribution in [0.25, 0.3) is 0 Å². The molecule has 0 aliphatic heterocycles. The van der Waals surface area contributed by atoms with Crippen LogP contribution in [0, 0.1) is 5.41 Å². The van der Waals surface area contributed by atoms with Crippen LogP contribution in [0.2, 0.25) is 5.02 Å². The van der Waals surface area contributed by atoms with Crippen molar-refractivity contribution in [1.29, 1.82) is 0 Å². The van der Waals surface area contributed by atoms with Gasteiger partial charge in [0, 0.05) is 16.9 Å². The van der Waals surface area contributed by atoms with Crippen molar-refractivity contribution in [2.24, 2.45) is 5.41 Å². The summed E-state index contributed by atoms with van der Waals surface area (Å²) in [5, 5.41) is 13.5. The van der Waals surface area contributed by atoms with Crippen molar-refractivity contribution in [2.45, 2.75) is 13.8 Å². The first kappa shape index (κ1) is 14.3. The van der Waals surface area contributed by atoms with Gasteiger partial charge >= 0.3 is 0 Å². The highest BCUT2D eigenvalue weighted by molar-refractivity contribution is 9.09. The third-order valence-corrected chi connectivity index (χ3v) is 4.05. The van der Waals surface area contributed by atoms with E-state index in [9.17, 15) is 9.90 Å². The molecule has 17 heavy (non-hydrogen) atoms. The van der Waals surface area contributed by atoms with Crippen molar-refractivity contribution in [2.75, 3.05) is 11.9 Å². The van der Waals surface area contributed by atoms with Gasteiger partial charge in [0.05, 0.1) is 5.56 Å². The van der Waals surface area contributed by atoms with Crippen LogP contribution in [-0.4, -0.2) is 22.9 Å². The topological polar surface area (TPSA) is 49.3 Å². The van der Waals surface area contributed by atoms with Crippen LogP contribution in [-0.2, 0) is 0 Å². The molecule has 94 valence electrons. The number of carbonyl (C=O) groups excluding carboxylic acids is 1. The number of halogens is 2. The Morgan fingerprint density at radius 3 is 2.76 bits per heavy atom. The van der Waals surface area contributed by atoms with E-state index >= 15 is 0 Å². The zero-order chi connectivity index (χ0) is 13.1. The molecule has 0 saturated carbocycles. The fourth-order valence-corrected chi connectivity index (χ4v) is 1.52. The maximum Gasteiger partial charge on any atom is 0.255 e. The molecule has 1 aromatic rings. The van der Waals surface area contributed by atoms with Crippen molar-refractivity contribution >= 4 is 33.4 Å². The first-order chi connectivity index (χ1) is 7.85. The largest absolute Gasteiger partial charge is 0.507 e. The number of hydrogen-bond donors (Lipinski definition) is 2. The molecular formula is C12H15BrClNO2. The molecule has 0 unspecified atom stereocenters. The summed E-state index contributed by atoms with van der Waals surface area (Å²) < 4.78 is 0. The molecule has 1 aromatic carbocycles. The van der Waals surface area contributed by atoms with Crippen LogP contribution in [0.15, 0.2) is 18.2 Å². The standard InChI is InChI=1S/C12H15BrClNO2/c1-12(2,6-13)7-15-11(17)9-5-8(14)3-4-10(9)16/h3-5,16H,6-7H2,1-2H3,(H,15,17). The summed E-state index contributed by atoms with van der Waals surface area (Å²) in [6.45, 7) is 4.57. The highest BCUT2D eigenvalue weighted by Crippen LogP contribution is 2.22. The smallest absolute Gasteiger partial charge is 0.255 e. The fraction of sp³-hybridized carbons (Fsp3) is 0.417. The number of benzene rings is 1. The van der Waals surface area contributed by atoms with Crippen molar-refractivity contribution < 1.29 is 9.90 Å². The maximum atomic E-state index is 11.8. The molecule has 0 aromatic heterocycles. The van der Waals surface area contributed by atoms with Crippen molar-refractivity contribution in [1.82, 2.24) is 5.32 Å². The molecule has 2 N–H and O–H groups in total. The van der Waals surface area contributed by atoms with E-state index in [1.54, 1.807) is 0 Å². The summed E-state index contributed by atoms with van der Waals surface area (Å²) in [6, 6.07) is 4.40. The second kappa shape index (κ2) is 5.74. The first-order valence-corrected chi connectivity index (χ1v) is 6.68. The van der Waals surface area contributed by atoms with Crippen LogP contribution >= 0.6 is 27.5 Å². The molecule has 1 amide bonds. The van der Waals surface area contributed by atoms with Gasteiger partial charge in [-0.1, -0.05) is 41.4 Å². The highest BCUT2D eigenvalue weighted by Gasteiger charge is 2.19. The van der Waals surface area contributed by atoms with Crippen molar-refractivity contribution in [3.05, 3.63) is 28.8 Å². The SMILES string of the molecule is CC(C)(CBr)CNC(=O)c1cc(Cl)ccc1O. The molecule has 0 radical (unpaired) electrons. The Bertz CT molecular complexity index is 421. The lowest BCUT2D eigenvalue weighted by Crippen LogP contribution is -2.34. The van der Waals surface area contributed by atoms with Crippen LogP contribution in [0.5, 0.6) is 5.75 Å². The van der Waals surface area contributed by atoms with Gasteiger partial charge in [-0.05, 0) is 23.6 Å². The van der Waals surface area contributed by atoms with Gasteiger partial charge in [-0.25, -0.2) is 0 Å². The molecule has 0 atom stereocenters. The van der Waals surface area contributed by atoms with Gasteiger partial charge in [0.2, 0.25) is 0 Å². The van der Waals surface area contributed by atoms with Crippen LogP contribution < -0.4 is 5.32 Å². The third-order valence-electron chi connectivity index (χ3n) is 2.29. The van der Waals surface area contributed by atoms with E-state index in [2.05, 4.69) is 21.2 Å². The zero-order valence-corrected chi connectivity index (χ0v) is 12.1. The summed E-state index contributed by atoms with van der Waals surface area (Å²) in [6.07, 6.45) is 0. The number of phenolic OH excluding ortho intramolecular Hbond substituents is 1.